The lowest BCUT2D eigenvalue weighted by molar-refractivity contribution is -0.153. The Morgan fingerprint density at radius 2 is 2.13 bits per heavy atom. The maximum Gasteiger partial charge on any atom is 0.335 e. The van der Waals surface area contributed by atoms with Crippen LogP contribution in [0.25, 0.3) is 0 Å². The van der Waals surface area contributed by atoms with Gasteiger partial charge in [0, 0.05) is 5.56 Å². The van der Waals surface area contributed by atoms with E-state index in [0.717, 1.165) is 12.3 Å². The lowest BCUT2D eigenvalue weighted by Crippen LogP contribution is -2.27. The number of halogens is 2. The first-order valence-electron chi connectivity index (χ1n) is 3.83. The van der Waals surface area contributed by atoms with Crippen LogP contribution in [0.3, 0.4) is 0 Å². The molecule has 2 unspecified atom stereocenters. The van der Waals surface area contributed by atoms with Crippen molar-refractivity contribution in [2.45, 2.75) is 12.2 Å². The molecule has 0 aliphatic carbocycles. The SMILES string of the molecule is O=C(O)C(O)C(O)c1cc(F)cnc1Cl. The zero-order valence-corrected chi connectivity index (χ0v) is 8.02. The highest BCUT2D eigenvalue weighted by Gasteiger charge is 2.27. The second kappa shape index (κ2) is 4.52. The summed E-state index contributed by atoms with van der Waals surface area (Å²) in [5.41, 5.74) is -0.272. The highest BCUT2D eigenvalue weighted by Crippen LogP contribution is 2.24. The fourth-order valence-electron chi connectivity index (χ4n) is 0.951. The number of aliphatic hydroxyl groups is 2. The molecule has 82 valence electrons. The van der Waals surface area contributed by atoms with E-state index in [2.05, 4.69) is 4.98 Å². The smallest absolute Gasteiger partial charge is 0.335 e. The Hall–Kier alpha value is -1.24. The molecular weight excluding hydrogens is 229 g/mol. The third-order valence-electron chi connectivity index (χ3n) is 1.70. The normalized spacial score (nSPS) is 14.7. The summed E-state index contributed by atoms with van der Waals surface area (Å²) in [4.78, 5) is 13.7. The van der Waals surface area contributed by atoms with E-state index in [4.69, 9.17) is 21.8 Å². The molecule has 15 heavy (non-hydrogen) atoms. The summed E-state index contributed by atoms with van der Waals surface area (Å²) in [5, 5.41) is 26.5. The van der Waals surface area contributed by atoms with E-state index in [1.807, 2.05) is 0 Å². The molecule has 0 aliphatic rings. The summed E-state index contributed by atoms with van der Waals surface area (Å²) in [6.07, 6.45) is -3.09. The van der Waals surface area contributed by atoms with Gasteiger partial charge in [0.2, 0.25) is 0 Å². The Morgan fingerprint density at radius 1 is 1.53 bits per heavy atom. The molecule has 3 N–H and O–H groups in total. The summed E-state index contributed by atoms with van der Waals surface area (Å²) in [6, 6.07) is 0.812. The molecule has 1 aromatic heterocycles. The molecule has 0 spiro atoms. The first kappa shape index (κ1) is 11.8. The van der Waals surface area contributed by atoms with E-state index in [1.165, 1.54) is 0 Å². The number of hydrogen-bond donors (Lipinski definition) is 3. The average Bonchev–Trinajstić information content (AvgIpc) is 2.19. The van der Waals surface area contributed by atoms with Gasteiger partial charge in [0.1, 0.15) is 17.1 Å². The standard InChI is InChI=1S/C8H7ClFNO4/c9-7-4(1-3(10)2-11-7)5(12)6(13)8(14)15/h1-2,5-6,12-13H,(H,14,15). The predicted octanol–water partition coefficient (Wildman–Crippen LogP) is 0.353. The molecule has 0 amide bonds. The number of carboxylic acids is 1. The third kappa shape index (κ3) is 2.62. The van der Waals surface area contributed by atoms with E-state index in [1.54, 1.807) is 0 Å². The van der Waals surface area contributed by atoms with Crippen molar-refractivity contribution in [1.29, 1.82) is 0 Å². The van der Waals surface area contributed by atoms with Crippen LogP contribution in [0.1, 0.15) is 11.7 Å². The fourth-order valence-corrected chi connectivity index (χ4v) is 1.17. The number of aliphatic carboxylic acids is 1. The predicted molar refractivity (Wildman–Crippen MR) is 47.8 cm³/mol. The van der Waals surface area contributed by atoms with Crippen LogP contribution in [0.2, 0.25) is 5.15 Å². The van der Waals surface area contributed by atoms with Crippen molar-refractivity contribution in [2.75, 3.05) is 0 Å². The van der Waals surface area contributed by atoms with Gasteiger partial charge in [-0.25, -0.2) is 14.2 Å². The number of aliphatic hydroxyl groups excluding tert-OH is 2. The molecule has 1 heterocycles. The van der Waals surface area contributed by atoms with Crippen molar-refractivity contribution < 1.29 is 24.5 Å². The number of carbonyl (C=O) groups is 1. The van der Waals surface area contributed by atoms with Crippen LogP contribution in [0, 0.1) is 5.82 Å². The minimum absolute atomic E-state index is 0.260. The maximum absolute atomic E-state index is 12.7. The Kier molecular flexibility index (Phi) is 3.57. The van der Waals surface area contributed by atoms with Crippen molar-refractivity contribution in [3.63, 3.8) is 0 Å². The number of carboxylic acid groups (broad SMARTS) is 1. The van der Waals surface area contributed by atoms with Crippen LogP contribution in [-0.4, -0.2) is 32.4 Å². The van der Waals surface area contributed by atoms with Crippen LogP contribution >= 0.6 is 11.6 Å². The molecule has 0 aliphatic heterocycles. The fraction of sp³-hybridized carbons (Fsp3) is 0.250. The van der Waals surface area contributed by atoms with E-state index in [0.29, 0.717) is 0 Å². The maximum atomic E-state index is 12.7. The van der Waals surface area contributed by atoms with Gasteiger partial charge in [-0.3, -0.25) is 0 Å². The topological polar surface area (TPSA) is 90.7 Å². The zero-order chi connectivity index (χ0) is 11.6. The Labute approximate surface area is 88.8 Å². The average molecular weight is 236 g/mol. The lowest BCUT2D eigenvalue weighted by Gasteiger charge is -2.14. The van der Waals surface area contributed by atoms with Crippen molar-refractivity contribution in [3.05, 3.63) is 28.8 Å². The van der Waals surface area contributed by atoms with Gasteiger partial charge in [-0.1, -0.05) is 11.6 Å². The van der Waals surface area contributed by atoms with Gasteiger partial charge in [-0.05, 0) is 6.07 Å². The monoisotopic (exact) mass is 235 g/mol. The molecule has 0 fully saturated rings. The van der Waals surface area contributed by atoms with Gasteiger partial charge in [0.05, 0.1) is 6.20 Å². The van der Waals surface area contributed by atoms with Crippen molar-refractivity contribution in [3.8, 4) is 0 Å². The van der Waals surface area contributed by atoms with Crippen LogP contribution in [0.15, 0.2) is 12.3 Å². The van der Waals surface area contributed by atoms with Crippen molar-refractivity contribution in [1.82, 2.24) is 4.98 Å². The highest BCUT2D eigenvalue weighted by molar-refractivity contribution is 6.30. The summed E-state index contributed by atoms with van der Waals surface area (Å²) in [5.74, 6) is -2.42. The Bertz CT molecular complexity index is 387. The first-order chi connectivity index (χ1) is 6.93. The van der Waals surface area contributed by atoms with Gasteiger partial charge >= 0.3 is 5.97 Å². The van der Waals surface area contributed by atoms with E-state index >= 15 is 0 Å². The largest absolute Gasteiger partial charge is 0.479 e. The summed E-state index contributed by atoms with van der Waals surface area (Å²) in [7, 11) is 0. The lowest BCUT2D eigenvalue weighted by atomic mass is 10.1. The minimum Gasteiger partial charge on any atom is -0.479 e. The number of pyridine rings is 1. The molecule has 0 aromatic carbocycles. The molecule has 0 saturated heterocycles. The number of aromatic nitrogens is 1. The second-order valence-electron chi connectivity index (χ2n) is 2.76. The number of rotatable bonds is 3. The first-order valence-corrected chi connectivity index (χ1v) is 4.21. The number of nitrogens with zero attached hydrogens (tertiary/aromatic N) is 1. The minimum atomic E-state index is -2.08. The molecule has 2 atom stereocenters. The molecule has 0 bridgehead atoms. The second-order valence-corrected chi connectivity index (χ2v) is 3.12. The van der Waals surface area contributed by atoms with Crippen molar-refractivity contribution >= 4 is 17.6 Å². The molecule has 7 heteroatoms. The van der Waals surface area contributed by atoms with Gasteiger partial charge < -0.3 is 15.3 Å². The molecule has 1 rings (SSSR count). The van der Waals surface area contributed by atoms with Gasteiger partial charge in [-0.15, -0.1) is 0 Å². The van der Waals surface area contributed by atoms with Crippen LogP contribution in [-0.2, 0) is 4.79 Å². The summed E-state index contributed by atoms with van der Waals surface area (Å²) in [6.45, 7) is 0. The molecular formula is C8H7ClFNO4. The Morgan fingerprint density at radius 3 is 2.67 bits per heavy atom. The molecule has 5 nitrogen and oxygen atoms in total. The number of hydrogen-bond acceptors (Lipinski definition) is 4. The van der Waals surface area contributed by atoms with Crippen LogP contribution < -0.4 is 0 Å². The van der Waals surface area contributed by atoms with Crippen LogP contribution in [0.5, 0.6) is 0 Å². The van der Waals surface area contributed by atoms with E-state index < -0.39 is 24.0 Å². The van der Waals surface area contributed by atoms with E-state index in [-0.39, 0.29) is 10.7 Å². The highest BCUT2D eigenvalue weighted by atomic mass is 35.5. The molecule has 0 radical (unpaired) electrons. The zero-order valence-electron chi connectivity index (χ0n) is 7.26. The Balaban J connectivity index is 3.04. The summed E-state index contributed by atoms with van der Waals surface area (Å²) < 4.78 is 12.7. The van der Waals surface area contributed by atoms with Crippen molar-refractivity contribution in [2.24, 2.45) is 0 Å². The third-order valence-corrected chi connectivity index (χ3v) is 2.02. The van der Waals surface area contributed by atoms with Gasteiger partial charge in [-0.2, -0.15) is 0 Å². The summed E-state index contributed by atoms with van der Waals surface area (Å²) >= 11 is 5.50. The molecule has 0 saturated carbocycles. The molecule has 1 aromatic rings. The van der Waals surface area contributed by atoms with Gasteiger partial charge in [0.15, 0.2) is 6.10 Å². The van der Waals surface area contributed by atoms with Gasteiger partial charge in [0.25, 0.3) is 0 Å². The quantitative estimate of drug-likeness (QED) is 0.658. The van der Waals surface area contributed by atoms with E-state index in [9.17, 15) is 14.3 Å². The van der Waals surface area contributed by atoms with Crippen LogP contribution in [0.4, 0.5) is 4.39 Å².